The third kappa shape index (κ3) is 7.99. The van der Waals surface area contributed by atoms with Gasteiger partial charge < -0.3 is 15.5 Å². The highest BCUT2D eigenvalue weighted by Gasteiger charge is 2.20. The van der Waals surface area contributed by atoms with Crippen LogP contribution in [0, 0.1) is 5.92 Å². The molecular weight excluding hydrogens is 387 g/mol. The van der Waals surface area contributed by atoms with Gasteiger partial charge in [-0.25, -0.2) is 0 Å². The Balaban J connectivity index is 0.00000242. The van der Waals surface area contributed by atoms with Crippen LogP contribution in [0.15, 0.2) is 4.99 Å². The van der Waals surface area contributed by atoms with E-state index in [2.05, 4.69) is 34.5 Å². The van der Waals surface area contributed by atoms with Crippen LogP contribution in [0.2, 0.25) is 0 Å². The first kappa shape index (κ1) is 20.0. The van der Waals surface area contributed by atoms with E-state index >= 15 is 0 Å². The van der Waals surface area contributed by atoms with Crippen LogP contribution in [0.5, 0.6) is 0 Å². The average molecular weight is 422 g/mol. The lowest BCUT2D eigenvalue weighted by Gasteiger charge is -2.31. The second kappa shape index (κ2) is 11.5. The van der Waals surface area contributed by atoms with E-state index in [1.807, 2.05) is 0 Å². The van der Waals surface area contributed by atoms with Gasteiger partial charge in [0.2, 0.25) is 0 Å². The summed E-state index contributed by atoms with van der Waals surface area (Å²) in [6.45, 7) is 6.29. The maximum Gasteiger partial charge on any atom is 0.191 e. The molecular formula is C17H35IN4. The summed E-state index contributed by atoms with van der Waals surface area (Å²) in [5.41, 5.74) is 0. The van der Waals surface area contributed by atoms with Crippen molar-refractivity contribution in [2.75, 3.05) is 33.2 Å². The molecule has 0 aromatic heterocycles. The Morgan fingerprint density at radius 2 is 1.82 bits per heavy atom. The highest BCUT2D eigenvalue weighted by atomic mass is 127. The van der Waals surface area contributed by atoms with Crippen LogP contribution in [0.1, 0.15) is 58.3 Å². The lowest BCUT2D eigenvalue weighted by Crippen LogP contribution is -2.40. The molecule has 0 atom stereocenters. The fraction of sp³-hybridized carbons (Fsp3) is 0.941. The third-order valence-electron chi connectivity index (χ3n) is 4.73. The van der Waals surface area contributed by atoms with Crippen LogP contribution in [-0.2, 0) is 0 Å². The Labute approximate surface area is 153 Å². The standard InChI is InChI=1S/C17H34N4.HI/c1-3-18-17(20-14-15-10-11-15)19-12-7-13-21(2)16-8-5-4-6-9-16;/h15-16H,3-14H2,1-2H3,(H2,18,19,20);1H. The van der Waals surface area contributed by atoms with Crippen molar-refractivity contribution in [3.8, 4) is 0 Å². The minimum Gasteiger partial charge on any atom is -0.357 e. The van der Waals surface area contributed by atoms with Crippen molar-refractivity contribution in [3.05, 3.63) is 0 Å². The SMILES string of the molecule is CCNC(=NCC1CC1)NCCCN(C)C1CCCCC1.I. The summed E-state index contributed by atoms with van der Waals surface area (Å²) < 4.78 is 0. The molecule has 4 nitrogen and oxygen atoms in total. The number of hydrogen-bond donors (Lipinski definition) is 2. The van der Waals surface area contributed by atoms with Gasteiger partial charge in [-0.3, -0.25) is 4.99 Å². The zero-order valence-corrected chi connectivity index (χ0v) is 16.8. The second-order valence-electron chi connectivity index (χ2n) is 6.72. The van der Waals surface area contributed by atoms with Crippen LogP contribution >= 0.6 is 24.0 Å². The van der Waals surface area contributed by atoms with Gasteiger partial charge in [0.1, 0.15) is 0 Å². The molecule has 130 valence electrons. The van der Waals surface area contributed by atoms with Crippen LogP contribution in [0.3, 0.4) is 0 Å². The molecule has 2 N–H and O–H groups in total. The molecule has 0 spiro atoms. The first-order chi connectivity index (χ1) is 10.3. The first-order valence-electron chi connectivity index (χ1n) is 9.02. The number of rotatable bonds is 8. The zero-order chi connectivity index (χ0) is 14.9. The fourth-order valence-electron chi connectivity index (χ4n) is 3.10. The Bertz CT molecular complexity index is 312. The van der Waals surface area contributed by atoms with Gasteiger partial charge in [-0.05, 0) is 58.5 Å². The van der Waals surface area contributed by atoms with Gasteiger partial charge in [0.25, 0.3) is 0 Å². The predicted molar refractivity (Wildman–Crippen MR) is 106 cm³/mol. The number of hydrogen-bond acceptors (Lipinski definition) is 2. The van der Waals surface area contributed by atoms with E-state index in [0.717, 1.165) is 37.6 Å². The molecule has 0 aromatic carbocycles. The summed E-state index contributed by atoms with van der Waals surface area (Å²) in [7, 11) is 2.29. The molecule has 0 bridgehead atoms. The molecule has 0 heterocycles. The molecule has 0 saturated heterocycles. The van der Waals surface area contributed by atoms with Gasteiger partial charge in [-0.15, -0.1) is 24.0 Å². The molecule has 5 heteroatoms. The van der Waals surface area contributed by atoms with E-state index in [1.54, 1.807) is 0 Å². The Morgan fingerprint density at radius 3 is 2.45 bits per heavy atom. The maximum absolute atomic E-state index is 4.66. The van der Waals surface area contributed by atoms with Crippen molar-refractivity contribution in [3.63, 3.8) is 0 Å². The van der Waals surface area contributed by atoms with E-state index < -0.39 is 0 Å². The molecule has 2 fully saturated rings. The Morgan fingerprint density at radius 1 is 1.09 bits per heavy atom. The number of guanidine groups is 1. The van der Waals surface area contributed by atoms with E-state index in [9.17, 15) is 0 Å². The number of nitrogens with zero attached hydrogens (tertiary/aromatic N) is 2. The molecule has 2 saturated carbocycles. The van der Waals surface area contributed by atoms with Gasteiger partial charge in [-0.2, -0.15) is 0 Å². The summed E-state index contributed by atoms with van der Waals surface area (Å²) >= 11 is 0. The van der Waals surface area contributed by atoms with Crippen molar-refractivity contribution in [2.45, 2.75) is 64.3 Å². The quantitative estimate of drug-likeness (QED) is 0.273. The van der Waals surface area contributed by atoms with Crippen LogP contribution in [-0.4, -0.2) is 50.1 Å². The monoisotopic (exact) mass is 422 g/mol. The van der Waals surface area contributed by atoms with E-state index in [0.29, 0.717) is 0 Å². The van der Waals surface area contributed by atoms with E-state index in [4.69, 9.17) is 0 Å². The summed E-state index contributed by atoms with van der Waals surface area (Å²) in [6, 6.07) is 0.829. The molecule has 0 radical (unpaired) electrons. The lowest BCUT2D eigenvalue weighted by atomic mass is 9.94. The van der Waals surface area contributed by atoms with Gasteiger partial charge >= 0.3 is 0 Å². The van der Waals surface area contributed by atoms with Crippen molar-refractivity contribution >= 4 is 29.9 Å². The summed E-state index contributed by atoms with van der Waals surface area (Å²) in [4.78, 5) is 7.23. The molecule has 2 rings (SSSR count). The van der Waals surface area contributed by atoms with Gasteiger partial charge in [0, 0.05) is 25.7 Å². The highest BCUT2D eigenvalue weighted by Crippen LogP contribution is 2.28. The van der Waals surface area contributed by atoms with Crippen molar-refractivity contribution in [1.82, 2.24) is 15.5 Å². The lowest BCUT2D eigenvalue weighted by molar-refractivity contribution is 0.190. The van der Waals surface area contributed by atoms with Gasteiger partial charge in [-0.1, -0.05) is 19.3 Å². The van der Waals surface area contributed by atoms with Gasteiger partial charge in [0.05, 0.1) is 0 Å². The summed E-state index contributed by atoms with van der Waals surface area (Å²) in [5.74, 6) is 1.86. The van der Waals surface area contributed by atoms with Crippen molar-refractivity contribution < 1.29 is 0 Å². The topological polar surface area (TPSA) is 39.7 Å². The molecule has 0 aliphatic heterocycles. The normalized spacial score (nSPS) is 19.9. The summed E-state index contributed by atoms with van der Waals surface area (Å²) in [6.07, 6.45) is 11.0. The van der Waals surface area contributed by atoms with E-state index in [1.165, 1.54) is 57.9 Å². The second-order valence-corrected chi connectivity index (χ2v) is 6.72. The average Bonchev–Trinajstić information content (AvgIpc) is 3.34. The van der Waals surface area contributed by atoms with Crippen molar-refractivity contribution in [2.24, 2.45) is 10.9 Å². The minimum absolute atomic E-state index is 0. The van der Waals surface area contributed by atoms with Gasteiger partial charge in [0.15, 0.2) is 5.96 Å². The predicted octanol–water partition coefficient (Wildman–Crippen LogP) is 3.22. The molecule has 0 unspecified atom stereocenters. The molecule has 2 aliphatic carbocycles. The first-order valence-corrected chi connectivity index (χ1v) is 9.02. The summed E-state index contributed by atoms with van der Waals surface area (Å²) in [5, 5.41) is 6.82. The smallest absolute Gasteiger partial charge is 0.191 e. The van der Waals surface area contributed by atoms with Crippen LogP contribution in [0.4, 0.5) is 0 Å². The Hall–Kier alpha value is -0.0400. The molecule has 0 aromatic rings. The largest absolute Gasteiger partial charge is 0.357 e. The van der Waals surface area contributed by atoms with Crippen molar-refractivity contribution in [1.29, 1.82) is 0 Å². The Kier molecular flexibility index (Phi) is 10.4. The number of aliphatic imine (C=N–C) groups is 1. The fourth-order valence-corrected chi connectivity index (χ4v) is 3.10. The number of halogens is 1. The van der Waals surface area contributed by atoms with Crippen LogP contribution in [0.25, 0.3) is 0 Å². The molecule has 2 aliphatic rings. The zero-order valence-electron chi connectivity index (χ0n) is 14.4. The minimum atomic E-state index is 0. The van der Waals surface area contributed by atoms with Crippen LogP contribution < -0.4 is 10.6 Å². The van der Waals surface area contributed by atoms with E-state index in [-0.39, 0.29) is 24.0 Å². The molecule has 22 heavy (non-hydrogen) atoms. The molecule has 0 amide bonds. The maximum atomic E-state index is 4.66. The highest BCUT2D eigenvalue weighted by molar-refractivity contribution is 14.0. The number of nitrogens with one attached hydrogen (secondary N) is 2. The third-order valence-corrected chi connectivity index (χ3v) is 4.73.